The van der Waals surface area contributed by atoms with Gasteiger partial charge in [0.2, 0.25) is 0 Å². The number of pyridine rings is 1. The lowest BCUT2D eigenvalue weighted by molar-refractivity contribution is 1.29. The van der Waals surface area contributed by atoms with Crippen LogP contribution in [0.3, 0.4) is 0 Å². The van der Waals surface area contributed by atoms with Crippen molar-refractivity contribution in [2.75, 3.05) is 4.90 Å². The summed E-state index contributed by atoms with van der Waals surface area (Å²) in [5, 5.41) is 7.65. The van der Waals surface area contributed by atoms with E-state index in [1.54, 1.807) is 0 Å². The van der Waals surface area contributed by atoms with E-state index in [1.807, 2.05) is 6.20 Å². The minimum atomic E-state index is 0.966. The first kappa shape index (κ1) is 27.6. The Balaban J connectivity index is 1.09. The number of hydrogen-bond donors (Lipinski definition) is 0. The molecule has 1 aromatic heterocycles. The van der Waals surface area contributed by atoms with Crippen molar-refractivity contribution in [3.8, 4) is 44.6 Å². The first-order valence-electron chi connectivity index (χ1n) is 16.8. The molecule has 0 unspecified atom stereocenters. The predicted octanol–water partition coefficient (Wildman–Crippen LogP) is 13.0. The van der Waals surface area contributed by atoms with E-state index in [0.717, 1.165) is 33.8 Å². The Labute approximate surface area is 285 Å². The summed E-state index contributed by atoms with van der Waals surface area (Å²) in [7, 11) is 0. The van der Waals surface area contributed by atoms with E-state index in [4.69, 9.17) is 4.98 Å². The fraction of sp³-hybridized carbons (Fsp3) is 0. The third kappa shape index (κ3) is 4.38. The van der Waals surface area contributed by atoms with Crippen LogP contribution in [0.5, 0.6) is 0 Å². The van der Waals surface area contributed by atoms with E-state index in [2.05, 4.69) is 181 Å². The van der Waals surface area contributed by atoms with Gasteiger partial charge in [0.25, 0.3) is 0 Å². The second-order valence-corrected chi connectivity index (χ2v) is 12.7. The van der Waals surface area contributed by atoms with Gasteiger partial charge in [-0.1, -0.05) is 133 Å². The van der Waals surface area contributed by atoms with Gasteiger partial charge in [-0.2, -0.15) is 0 Å². The van der Waals surface area contributed by atoms with Crippen LogP contribution in [-0.2, 0) is 0 Å². The third-order valence-corrected chi connectivity index (χ3v) is 10.0. The highest BCUT2D eigenvalue weighted by Crippen LogP contribution is 2.51. The van der Waals surface area contributed by atoms with Crippen LogP contribution in [0.2, 0.25) is 0 Å². The van der Waals surface area contributed by atoms with Crippen LogP contribution in [0, 0.1) is 0 Å². The molecular formula is C47H30N2. The van der Waals surface area contributed by atoms with Crippen molar-refractivity contribution in [1.29, 1.82) is 0 Å². The Kier molecular flexibility index (Phi) is 6.22. The first-order valence-corrected chi connectivity index (χ1v) is 16.8. The number of anilines is 3. The summed E-state index contributed by atoms with van der Waals surface area (Å²) in [5.41, 5.74) is 12.7. The van der Waals surface area contributed by atoms with Crippen LogP contribution >= 0.6 is 0 Å². The second-order valence-electron chi connectivity index (χ2n) is 12.7. The van der Waals surface area contributed by atoms with Crippen LogP contribution < -0.4 is 4.90 Å². The molecule has 1 aliphatic heterocycles. The summed E-state index contributed by atoms with van der Waals surface area (Å²) < 4.78 is 0. The lowest BCUT2D eigenvalue weighted by Crippen LogP contribution is -2.10. The molecule has 0 saturated carbocycles. The molecule has 8 aromatic carbocycles. The van der Waals surface area contributed by atoms with Gasteiger partial charge in [-0.05, 0) is 91.5 Å². The molecule has 9 aromatic rings. The SMILES string of the molecule is c1ccc(N2c3ccccc3-c3ccccc3-c3cc(-c4ccc(-c5ccc6c7ccccc7c7ccccc7c6c5)nc4)ccc32)cc1. The number of hydrogen-bond acceptors (Lipinski definition) is 2. The van der Waals surface area contributed by atoms with Gasteiger partial charge in [0, 0.05) is 34.1 Å². The highest BCUT2D eigenvalue weighted by Gasteiger charge is 2.26. The fourth-order valence-electron chi connectivity index (χ4n) is 7.76. The van der Waals surface area contributed by atoms with Crippen LogP contribution in [0.4, 0.5) is 17.1 Å². The van der Waals surface area contributed by atoms with Gasteiger partial charge in [-0.3, -0.25) is 4.98 Å². The average molecular weight is 623 g/mol. The summed E-state index contributed by atoms with van der Waals surface area (Å²) in [5.74, 6) is 0. The number of benzene rings is 8. The number of nitrogens with zero attached hydrogens (tertiary/aromatic N) is 2. The van der Waals surface area contributed by atoms with Crippen molar-refractivity contribution in [2.45, 2.75) is 0 Å². The van der Waals surface area contributed by atoms with Gasteiger partial charge in [-0.25, -0.2) is 0 Å². The van der Waals surface area contributed by atoms with Crippen molar-refractivity contribution in [2.24, 2.45) is 0 Å². The van der Waals surface area contributed by atoms with Gasteiger partial charge < -0.3 is 4.90 Å². The molecule has 0 radical (unpaired) electrons. The quantitative estimate of drug-likeness (QED) is 0.182. The molecule has 0 saturated heterocycles. The lowest BCUT2D eigenvalue weighted by Gasteiger charge is -2.27. The minimum absolute atomic E-state index is 0.966. The van der Waals surface area contributed by atoms with Crippen molar-refractivity contribution in [1.82, 2.24) is 4.98 Å². The highest BCUT2D eigenvalue weighted by atomic mass is 15.1. The molecule has 0 atom stereocenters. The molecular weight excluding hydrogens is 593 g/mol. The number of aromatic nitrogens is 1. The maximum absolute atomic E-state index is 5.03. The second kappa shape index (κ2) is 11.0. The van der Waals surface area contributed by atoms with Crippen molar-refractivity contribution in [3.05, 3.63) is 182 Å². The Morgan fingerprint density at radius 3 is 1.55 bits per heavy atom. The van der Waals surface area contributed by atoms with E-state index in [9.17, 15) is 0 Å². The van der Waals surface area contributed by atoms with Crippen molar-refractivity contribution >= 4 is 49.4 Å². The third-order valence-electron chi connectivity index (χ3n) is 10.0. The molecule has 0 bridgehead atoms. The van der Waals surface area contributed by atoms with E-state index >= 15 is 0 Å². The molecule has 2 heteroatoms. The van der Waals surface area contributed by atoms with Crippen LogP contribution in [0.15, 0.2) is 182 Å². The van der Waals surface area contributed by atoms with E-state index in [-0.39, 0.29) is 0 Å². The van der Waals surface area contributed by atoms with Crippen LogP contribution in [-0.4, -0.2) is 4.98 Å². The zero-order valence-electron chi connectivity index (χ0n) is 26.7. The Morgan fingerprint density at radius 1 is 0.327 bits per heavy atom. The molecule has 2 nitrogen and oxygen atoms in total. The Morgan fingerprint density at radius 2 is 0.857 bits per heavy atom. The standard InChI is InChI=1S/C47H30N2/c1-2-12-34(13-3-1)49-46-21-11-10-20-42(46)38-17-7-9-19-40(38)44-28-31(24-27-47(44)49)33-23-26-45(48-30-33)32-22-25-41-37-16-5-4-14-35(37)36-15-6-8-18-39(36)43(41)29-32/h1-30H. The summed E-state index contributed by atoms with van der Waals surface area (Å²) in [4.78, 5) is 7.43. The summed E-state index contributed by atoms with van der Waals surface area (Å²) in [6.45, 7) is 0. The maximum Gasteiger partial charge on any atom is 0.0702 e. The minimum Gasteiger partial charge on any atom is -0.309 e. The molecule has 0 fully saturated rings. The molecule has 10 rings (SSSR count). The molecule has 2 heterocycles. The zero-order valence-corrected chi connectivity index (χ0v) is 26.7. The highest BCUT2D eigenvalue weighted by molar-refractivity contribution is 6.25. The molecule has 49 heavy (non-hydrogen) atoms. The monoisotopic (exact) mass is 622 g/mol. The number of para-hydroxylation sites is 2. The van der Waals surface area contributed by atoms with E-state index < -0.39 is 0 Å². The molecule has 228 valence electrons. The van der Waals surface area contributed by atoms with Crippen LogP contribution in [0.1, 0.15) is 0 Å². The molecule has 0 spiro atoms. The topological polar surface area (TPSA) is 16.1 Å². The summed E-state index contributed by atoms with van der Waals surface area (Å²) in [6.07, 6.45) is 2.02. The fourth-order valence-corrected chi connectivity index (χ4v) is 7.76. The Bertz CT molecular complexity index is 2670. The largest absolute Gasteiger partial charge is 0.309 e. The van der Waals surface area contributed by atoms with Gasteiger partial charge in [0.05, 0.1) is 17.1 Å². The van der Waals surface area contributed by atoms with Gasteiger partial charge >= 0.3 is 0 Å². The smallest absolute Gasteiger partial charge is 0.0702 e. The molecule has 0 amide bonds. The van der Waals surface area contributed by atoms with Gasteiger partial charge in [-0.15, -0.1) is 0 Å². The van der Waals surface area contributed by atoms with Crippen LogP contribution in [0.25, 0.3) is 77.0 Å². The Hall–Kier alpha value is -6.51. The normalized spacial score (nSPS) is 12.0. The first-order chi connectivity index (χ1) is 24.3. The average Bonchev–Trinajstić information content (AvgIpc) is 3.31. The van der Waals surface area contributed by atoms with E-state index in [0.29, 0.717) is 0 Å². The van der Waals surface area contributed by atoms with Gasteiger partial charge in [0.1, 0.15) is 0 Å². The number of rotatable bonds is 3. The van der Waals surface area contributed by atoms with E-state index in [1.165, 1.54) is 60.3 Å². The summed E-state index contributed by atoms with van der Waals surface area (Å²) >= 11 is 0. The zero-order chi connectivity index (χ0) is 32.3. The predicted molar refractivity (Wildman–Crippen MR) is 207 cm³/mol. The molecule has 0 N–H and O–H groups in total. The summed E-state index contributed by atoms with van der Waals surface area (Å²) in [6, 6.07) is 63.6. The molecule has 1 aliphatic rings. The van der Waals surface area contributed by atoms with Crippen molar-refractivity contribution in [3.63, 3.8) is 0 Å². The lowest BCUT2D eigenvalue weighted by atomic mass is 9.92. The molecule has 0 aliphatic carbocycles. The maximum atomic E-state index is 5.03. The van der Waals surface area contributed by atoms with Gasteiger partial charge in [0.15, 0.2) is 0 Å². The number of fused-ring (bicyclic) bond motifs is 11. The van der Waals surface area contributed by atoms with Crippen molar-refractivity contribution < 1.29 is 0 Å².